The van der Waals surface area contributed by atoms with E-state index in [-0.39, 0.29) is 0 Å². The number of nitrogens with one attached hydrogen (secondary N) is 1. The molecule has 6 nitrogen and oxygen atoms in total. The summed E-state index contributed by atoms with van der Waals surface area (Å²) >= 11 is 0. The van der Waals surface area contributed by atoms with Crippen LogP contribution in [-0.2, 0) is 14.3 Å². The Balaban J connectivity index is 4.45. The zero-order valence-corrected chi connectivity index (χ0v) is 10.9. The minimum atomic E-state index is -1.16. The van der Waals surface area contributed by atoms with E-state index in [1.807, 2.05) is 0 Å². The van der Waals surface area contributed by atoms with Crippen molar-refractivity contribution in [3.63, 3.8) is 0 Å². The van der Waals surface area contributed by atoms with Crippen LogP contribution in [-0.4, -0.2) is 41.5 Å². The van der Waals surface area contributed by atoms with Gasteiger partial charge in [0, 0.05) is 6.61 Å². The Hall–Kier alpha value is -1.30. The number of alkyl carbamates (subject to hydrolysis) is 1. The third kappa shape index (κ3) is 6.78. The quantitative estimate of drug-likeness (QED) is 0.766. The smallest absolute Gasteiger partial charge is 0.408 e. The molecule has 1 amide bonds. The molecule has 17 heavy (non-hydrogen) atoms. The van der Waals surface area contributed by atoms with E-state index in [2.05, 4.69) is 5.32 Å². The van der Waals surface area contributed by atoms with Crippen LogP contribution < -0.4 is 5.32 Å². The topological polar surface area (TPSA) is 84.9 Å². The van der Waals surface area contributed by atoms with Gasteiger partial charge in [-0.2, -0.15) is 0 Å². The first-order valence-electron chi connectivity index (χ1n) is 5.51. The third-order valence-corrected chi connectivity index (χ3v) is 1.84. The number of carbonyl (C=O) groups is 2. The fourth-order valence-corrected chi connectivity index (χ4v) is 1.17. The molecule has 6 heteroatoms. The van der Waals surface area contributed by atoms with Gasteiger partial charge in [-0.15, -0.1) is 0 Å². The second-order valence-corrected chi connectivity index (χ2v) is 4.62. The maximum atomic E-state index is 11.4. The molecule has 2 N–H and O–H groups in total. The summed E-state index contributed by atoms with van der Waals surface area (Å²) in [6.07, 6.45) is -1.39. The lowest BCUT2D eigenvalue weighted by Crippen LogP contribution is -2.50. The fraction of sp³-hybridized carbons (Fsp3) is 0.818. The first kappa shape index (κ1) is 15.7. The molecule has 0 bridgehead atoms. The second kappa shape index (κ2) is 6.44. The van der Waals surface area contributed by atoms with Crippen molar-refractivity contribution in [1.82, 2.24) is 5.32 Å². The first-order chi connectivity index (χ1) is 7.67. The highest BCUT2D eigenvalue weighted by Gasteiger charge is 2.29. The lowest BCUT2D eigenvalue weighted by Gasteiger charge is -2.24. The van der Waals surface area contributed by atoms with E-state index < -0.39 is 29.8 Å². The average Bonchev–Trinajstić information content (AvgIpc) is 2.11. The second-order valence-electron chi connectivity index (χ2n) is 4.62. The Morgan fingerprint density at radius 1 is 1.35 bits per heavy atom. The first-order valence-corrected chi connectivity index (χ1v) is 5.51. The molecule has 0 aliphatic rings. The van der Waals surface area contributed by atoms with Crippen LogP contribution >= 0.6 is 0 Å². The van der Waals surface area contributed by atoms with Crippen LogP contribution in [0.4, 0.5) is 4.79 Å². The van der Waals surface area contributed by atoms with Crippen LogP contribution in [0, 0.1) is 0 Å². The molecule has 0 saturated heterocycles. The fourth-order valence-electron chi connectivity index (χ4n) is 1.17. The molecular weight excluding hydrogens is 226 g/mol. The van der Waals surface area contributed by atoms with E-state index in [0.717, 1.165) is 0 Å². The van der Waals surface area contributed by atoms with Crippen molar-refractivity contribution in [2.24, 2.45) is 0 Å². The largest absolute Gasteiger partial charge is 0.480 e. The van der Waals surface area contributed by atoms with E-state index in [4.69, 9.17) is 14.6 Å². The van der Waals surface area contributed by atoms with E-state index in [9.17, 15) is 9.59 Å². The molecule has 100 valence electrons. The molecule has 0 aromatic carbocycles. The number of rotatable bonds is 5. The summed E-state index contributed by atoms with van der Waals surface area (Å²) in [5.41, 5.74) is -0.665. The number of carbonyl (C=O) groups excluding carboxylic acids is 1. The van der Waals surface area contributed by atoms with Crippen molar-refractivity contribution in [3.8, 4) is 0 Å². The van der Waals surface area contributed by atoms with E-state index in [1.54, 1.807) is 34.6 Å². The van der Waals surface area contributed by atoms with Crippen LogP contribution in [0.25, 0.3) is 0 Å². The molecule has 0 rings (SSSR count). The Kier molecular flexibility index (Phi) is 5.95. The Labute approximate surface area is 101 Å². The normalized spacial score (nSPS) is 14.9. The van der Waals surface area contributed by atoms with Crippen molar-refractivity contribution in [1.29, 1.82) is 0 Å². The Morgan fingerprint density at radius 3 is 2.24 bits per heavy atom. The van der Waals surface area contributed by atoms with Crippen molar-refractivity contribution in [2.75, 3.05) is 6.61 Å². The predicted molar refractivity (Wildman–Crippen MR) is 61.9 cm³/mol. The monoisotopic (exact) mass is 247 g/mol. The van der Waals surface area contributed by atoms with Gasteiger partial charge in [0.25, 0.3) is 0 Å². The van der Waals surface area contributed by atoms with Gasteiger partial charge in [-0.3, -0.25) is 0 Å². The molecular formula is C11H21NO5. The number of aliphatic carboxylic acids is 1. The van der Waals surface area contributed by atoms with Gasteiger partial charge in [-0.25, -0.2) is 9.59 Å². The van der Waals surface area contributed by atoms with Crippen molar-refractivity contribution < 1.29 is 24.2 Å². The van der Waals surface area contributed by atoms with E-state index in [0.29, 0.717) is 6.61 Å². The van der Waals surface area contributed by atoms with Gasteiger partial charge < -0.3 is 19.9 Å². The summed E-state index contributed by atoms with van der Waals surface area (Å²) in [5.74, 6) is -1.16. The number of amides is 1. The average molecular weight is 247 g/mol. The number of carboxylic acids is 1. The van der Waals surface area contributed by atoms with Crippen molar-refractivity contribution in [3.05, 3.63) is 0 Å². The molecule has 2 atom stereocenters. The summed E-state index contributed by atoms with van der Waals surface area (Å²) in [4.78, 5) is 22.4. The molecule has 0 aromatic rings. The van der Waals surface area contributed by atoms with Crippen LogP contribution in [0.15, 0.2) is 0 Å². The van der Waals surface area contributed by atoms with E-state index in [1.165, 1.54) is 0 Å². The van der Waals surface area contributed by atoms with Crippen LogP contribution in [0.1, 0.15) is 34.6 Å². The highest BCUT2D eigenvalue weighted by Crippen LogP contribution is 2.08. The minimum absolute atomic E-state index is 0.376. The summed E-state index contributed by atoms with van der Waals surface area (Å²) in [7, 11) is 0. The van der Waals surface area contributed by atoms with Crippen molar-refractivity contribution in [2.45, 2.75) is 52.4 Å². The highest BCUT2D eigenvalue weighted by molar-refractivity contribution is 5.80. The maximum Gasteiger partial charge on any atom is 0.408 e. The third-order valence-electron chi connectivity index (χ3n) is 1.84. The van der Waals surface area contributed by atoms with Gasteiger partial charge in [0.2, 0.25) is 0 Å². The molecule has 0 saturated carbocycles. The van der Waals surface area contributed by atoms with Gasteiger partial charge in [0.1, 0.15) is 5.60 Å². The zero-order chi connectivity index (χ0) is 13.6. The lowest BCUT2D eigenvalue weighted by molar-refractivity contribution is -0.143. The SMILES string of the molecule is CCOC(C)C(NC(=O)OC(C)(C)C)C(=O)O. The molecule has 0 fully saturated rings. The minimum Gasteiger partial charge on any atom is -0.480 e. The summed E-state index contributed by atoms with van der Waals surface area (Å²) in [6.45, 7) is 8.82. The number of hydrogen-bond acceptors (Lipinski definition) is 4. The van der Waals surface area contributed by atoms with Crippen LogP contribution in [0.2, 0.25) is 0 Å². The van der Waals surface area contributed by atoms with Gasteiger partial charge in [0.15, 0.2) is 6.04 Å². The van der Waals surface area contributed by atoms with Crippen LogP contribution in [0.3, 0.4) is 0 Å². The van der Waals surface area contributed by atoms with Crippen LogP contribution in [0.5, 0.6) is 0 Å². The van der Waals surface area contributed by atoms with Gasteiger partial charge in [-0.05, 0) is 34.6 Å². The maximum absolute atomic E-state index is 11.4. The van der Waals surface area contributed by atoms with Gasteiger partial charge >= 0.3 is 12.1 Å². The molecule has 0 spiro atoms. The van der Waals surface area contributed by atoms with E-state index >= 15 is 0 Å². The highest BCUT2D eigenvalue weighted by atomic mass is 16.6. The molecule has 0 heterocycles. The predicted octanol–water partition coefficient (Wildman–Crippen LogP) is 1.39. The van der Waals surface area contributed by atoms with Crippen molar-refractivity contribution >= 4 is 12.1 Å². The summed E-state index contributed by atoms with van der Waals surface area (Å²) in [6, 6.07) is -1.12. The number of hydrogen-bond donors (Lipinski definition) is 2. The summed E-state index contributed by atoms with van der Waals surface area (Å²) < 4.78 is 10.1. The zero-order valence-electron chi connectivity index (χ0n) is 10.9. The Morgan fingerprint density at radius 2 is 1.88 bits per heavy atom. The summed E-state index contributed by atoms with van der Waals surface area (Å²) in [5, 5.41) is 11.2. The molecule has 2 unspecified atom stereocenters. The molecule has 0 aliphatic carbocycles. The Bertz CT molecular complexity index is 272. The van der Waals surface area contributed by atoms with Gasteiger partial charge in [-0.1, -0.05) is 0 Å². The lowest BCUT2D eigenvalue weighted by atomic mass is 10.2. The number of carboxylic acid groups (broad SMARTS) is 1. The van der Waals surface area contributed by atoms with Gasteiger partial charge in [0.05, 0.1) is 6.10 Å². The molecule has 0 aliphatic heterocycles. The molecule has 0 radical (unpaired) electrons. The molecule has 0 aromatic heterocycles. The number of ether oxygens (including phenoxy) is 2. The standard InChI is InChI=1S/C11H21NO5/c1-6-16-7(2)8(9(13)14)12-10(15)17-11(3,4)5/h7-8H,6H2,1-5H3,(H,12,15)(H,13,14).